The summed E-state index contributed by atoms with van der Waals surface area (Å²) in [4.78, 5) is 33.7. The van der Waals surface area contributed by atoms with E-state index in [1.54, 1.807) is 29.1 Å². The molecular weight excluding hydrogens is 444 g/mol. The number of nitrogens with one attached hydrogen (secondary N) is 1. The number of urea groups is 1. The molecule has 2 heterocycles. The Morgan fingerprint density at radius 2 is 2.03 bits per heavy atom. The van der Waals surface area contributed by atoms with Gasteiger partial charge in [-0.3, -0.25) is 4.79 Å². The number of aliphatic hydroxyl groups excluding tert-OH is 1. The second-order valence-electron chi connectivity index (χ2n) is 9.10. The van der Waals surface area contributed by atoms with Crippen molar-refractivity contribution in [3.63, 3.8) is 0 Å². The molecule has 0 unspecified atom stereocenters. The van der Waals surface area contributed by atoms with Crippen molar-refractivity contribution in [1.82, 2.24) is 20.1 Å². The topological polar surface area (TPSA) is 95.0 Å². The van der Waals surface area contributed by atoms with E-state index >= 15 is 0 Å². The van der Waals surface area contributed by atoms with Gasteiger partial charge in [-0.05, 0) is 30.5 Å². The van der Waals surface area contributed by atoms with Gasteiger partial charge in [0.15, 0.2) is 0 Å². The van der Waals surface area contributed by atoms with Gasteiger partial charge in [0.25, 0.3) is 5.91 Å². The maximum Gasteiger partial charge on any atom is 0.317 e. The fourth-order valence-corrected chi connectivity index (χ4v) is 3.90. The molecule has 0 saturated heterocycles. The smallest absolute Gasteiger partial charge is 0.317 e. The number of ether oxygens (including phenoxy) is 1. The molecule has 2 aromatic rings. The fraction of sp³-hybridized carbons (Fsp3) is 0.444. The summed E-state index contributed by atoms with van der Waals surface area (Å²) >= 11 is 0. The fourth-order valence-electron chi connectivity index (χ4n) is 3.90. The lowest BCUT2D eigenvalue weighted by atomic mass is 10.00. The summed E-state index contributed by atoms with van der Waals surface area (Å²) in [6.07, 6.45) is 6.00. The van der Waals surface area contributed by atoms with Gasteiger partial charge in [0.2, 0.25) is 5.88 Å². The van der Waals surface area contributed by atoms with Gasteiger partial charge < -0.3 is 25.0 Å². The summed E-state index contributed by atoms with van der Waals surface area (Å²) in [5.41, 5.74) is 2.15. The van der Waals surface area contributed by atoms with E-state index in [0.717, 1.165) is 17.5 Å². The minimum absolute atomic E-state index is 0.0954. The number of nitrogens with zero attached hydrogens (tertiary/aromatic N) is 3. The van der Waals surface area contributed by atoms with Crippen LogP contribution in [0.25, 0.3) is 12.2 Å². The normalized spacial score (nSPS) is 18.9. The van der Waals surface area contributed by atoms with Gasteiger partial charge in [0, 0.05) is 32.3 Å². The van der Waals surface area contributed by atoms with E-state index in [9.17, 15) is 14.7 Å². The zero-order chi connectivity index (χ0) is 25.4. The molecule has 3 atom stereocenters. The van der Waals surface area contributed by atoms with Crippen LogP contribution in [-0.2, 0) is 0 Å². The molecule has 8 heteroatoms. The van der Waals surface area contributed by atoms with Crippen molar-refractivity contribution in [2.75, 3.05) is 33.3 Å². The van der Waals surface area contributed by atoms with Gasteiger partial charge in [0.05, 0.1) is 19.2 Å². The molecule has 0 aliphatic carbocycles. The number of carbonyl (C=O) groups is 2. The summed E-state index contributed by atoms with van der Waals surface area (Å²) in [5, 5.41) is 12.7. The number of hydrogen-bond donors (Lipinski definition) is 2. The number of likely N-dealkylation sites (N-methyl/N-ethyl adjacent to an activating group) is 1. The number of pyridine rings is 1. The first-order valence-corrected chi connectivity index (χ1v) is 12.1. The van der Waals surface area contributed by atoms with Crippen LogP contribution in [0.4, 0.5) is 4.79 Å². The van der Waals surface area contributed by atoms with Gasteiger partial charge in [0.1, 0.15) is 11.7 Å². The Morgan fingerprint density at radius 3 is 2.71 bits per heavy atom. The van der Waals surface area contributed by atoms with Crippen molar-refractivity contribution in [3.8, 4) is 5.88 Å². The number of rotatable bonds is 8. The Hall–Kier alpha value is -3.39. The molecule has 1 aromatic carbocycles. The molecule has 0 bridgehead atoms. The molecule has 1 aliphatic rings. The Balaban J connectivity index is 1.91. The highest BCUT2D eigenvalue weighted by Crippen LogP contribution is 2.28. The van der Waals surface area contributed by atoms with Gasteiger partial charge in [-0.2, -0.15) is 0 Å². The lowest BCUT2D eigenvalue weighted by Crippen LogP contribution is -2.51. The predicted molar refractivity (Wildman–Crippen MR) is 137 cm³/mol. The van der Waals surface area contributed by atoms with E-state index in [1.165, 1.54) is 0 Å². The molecule has 1 aromatic heterocycles. The molecule has 8 nitrogen and oxygen atoms in total. The van der Waals surface area contributed by atoms with Crippen molar-refractivity contribution in [3.05, 3.63) is 59.3 Å². The molecule has 35 heavy (non-hydrogen) atoms. The zero-order valence-corrected chi connectivity index (χ0v) is 21.0. The van der Waals surface area contributed by atoms with Gasteiger partial charge in [-0.15, -0.1) is 0 Å². The van der Waals surface area contributed by atoms with E-state index in [1.807, 2.05) is 63.3 Å². The summed E-state index contributed by atoms with van der Waals surface area (Å²) in [6.45, 7) is 6.97. The zero-order valence-electron chi connectivity index (χ0n) is 21.0. The maximum absolute atomic E-state index is 13.5. The quantitative estimate of drug-likeness (QED) is 0.603. The third kappa shape index (κ3) is 6.82. The van der Waals surface area contributed by atoms with Gasteiger partial charge in [-0.1, -0.05) is 56.3 Å². The second kappa shape index (κ2) is 12.4. The first kappa shape index (κ1) is 26.2. The van der Waals surface area contributed by atoms with Gasteiger partial charge in [-0.25, -0.2) is 9.78 Å². The minimum atomic E-state index is -0.383. The lowest BCUT2D eigenvalue weighted by molar-refractivity contribution is 0.0352. The number of aliphatic hydroxyl groups is 1. The first-order valence-electron chi connectivity index (χ1n) is 12.1. The average Bonchev–Trinajstić information content (AvgIpc) is 2.88. The summed E-state index contributed by atoms with van der Waals surface area (Å²) in [5.74, 6) is -0.0914. The van der Waals surface area contributed by atoms with Crippen molar-refractivity contribution in [1.29, 1.82) is 0 Å². The molecule has 3 rings (SSSR count). The Morgan fingerprint density at radius 1 is 1.31 bits per heavy atom. The van der Waals surface area contributed by atoms with Crippen LogP contribution in [0.5, 0.6) is 5.88 Å². The van der Waals surface area contributed by atoms with Crippen LogP contribution >= 0.6 is 0 Å². The Bertz CT molecular complexity index is 1030. The second-order valence-corrected chi connectivity index (χ2v) is 9.10. The minimum Gasteiger partial charge on any atom is -0.472 e. The monoisotopic (exact) mass is 480 g/mol. The standard InChI is InChI=1S/C27H36N4O4/c1-5-13-28-27(34)30(4)17-24-19(2)16-31(20(3)18-32)26(33)23-14-22(15-29-25(23)35-24)12-11-21-9-7-6-8-10-21/h6-12,14-15,19-20,24,32H,5,13,16-18H2,1-4H3,(H,28,34)/b12-11+/t19-,20+,24+/m0/s1. The van der Waals surface area contributed by atoms with E-state index in [2.05, 4.69) is 10.3 Å². The molecule has 0 spiro atoms. The molecule has 0 fully saturated rings. The van der Waals surface area contributed by atoms with Crippen molar-refractivity contribution < 1.29 is 19.4 Å². The molecule has 1 aliphatic heterocycles. The molecule has 3 amide bonds. The number of benzene rings is 1. The molecule has 0 radical (unpaired) electrons. The van der Waals surface area contributed by atoms with Crippen LogP contribution in [0.15, 0.2) is 42.6 Å². The van der Waals surface area contributed by atoms with Crippen LogP contribution in [-0.4, -0.2) is 77.3 Å². The molecule has 0 saturated carbocycles. The number of aromatic nitrogens is 1. The Labute approximate surface area is 207 Å². The first-order chi connectivity index (χ1) is 16.8. The van der Waals surface area contributed by atoms with Crippen molar-refractivity contribution >= 4 is 24.1 Å². The summed E-state index contributed by atoms with van der Waals surface area (Å²) in [7, 11) is 1.73. The van der Waals surface area contributed by atoms with Crippen molar-refractivity contribution in [2.24, 2.45) is 5.92 Å². The van der Waals surface area contributed by atoms with Crippen LogP contribution < -0.4 is 10.1 Å². The molecule has 2 N–H and O–H groups in total. The van der Waals surface area contributed by atoms with Crippen LogP contribution in [0.3, 0.4) is 0 Å². The summed E-state index contributed by atoms with van der Waals surface area (Å²) in [6, 6.07) is 11.1. The van der Waals surface area contributed by atoms with Crippen molar-refractivity contribution in [2.45, 2.75) is 39.3 Å². The third-order valence-corrected chi connectivity index (χ3v) is 6.14. The number of hydrogen-bond acceptors (Lipinski definition) is 5. The highest BCUT2D eigenvalue weighted by atomic mass is 16.5. The van der Waals surface area contributed by atoms with E-state index < -0.39 is 0 Å². The van der Waals surface area contributed by atoms with E-state index in [0.29, 0.717) is 25.2 Å². The van der Waals surface area contributed by atoms with Crippen LogP contribution in [0.2, 0.25) is 0 Å². The largest absolute Gasteiger partial charge is 0.472 e. The highest BCUT2D eigenvalue weighted by molar-refractivity contribution is 5.97. The average molecular weight is 481 g/mol. The number of carbonyl (C=O) groups excluding carboxylic acids is 2. The third-order valence-electron chi connectivity index (χ3n) is 6.14. The van der Waals surface area contributed by atoms with E-state index in [4.69, 9.17) is 4.74 Å². The van der Waals surface area contributed by atoms with Crippen LogP contribution in [0.1, 0.15) is 48.7 Å². The maximum atomic E-state index is 13.5. The SMILES string of the molecule is CCCNC(=O)N(C)C[C@H]1Oc2ncc(/C=C/c3ccccc3)cc2C(=O)N([C@H](C)CO)C[C@@H]1C. The molecular formula is C27H36N4O4. The van der Waals surface area contributed by atoms with Crippen LogP contribution in [0, 0.1) is 5.92 Å². The summed E-state index contributed by atoms with van der Waals surface area (Å²) < 4.78 is 6.26. The lowest BCUT2D eigenvalue weighted by Gasteiger charge is -2.37. The number of fused-ring (bicyclic) bond motifs is 1. The van der Waals surface area contributed by atoms with E-state index in [-0.39, 0.29) is 42.5 Å². The highest BCUT2D eigenvalue weighted by Gasteiger charge is 2.34. The predicted octanol–water partition coefficient (Wildman–Crippen LogP) is 3.52. The Kier molecular flexibility index (Phi) is 9.25. The number of amides is 3. The van der Waals surface area contributed by atoms with Gasteiger partial charge >= 0.3 is 6.03 Å². The molecule has 188 valence electrons.